The van der Waals surface area contributed by atoms with E-state index in [2.05, 4.69) is 33.1 Å². The molecule has 18 heavy (non-hydrogen) atoms. The van der Waals surface area contributed by atoms with Crippen molar-refractivity contribution in [2.24, 2.45) is 0 Å². The van der Waals surface area contributed by atoms with Crippen LogP contribution >= 0.6 is 15.9 Å². The van der Waals surface area contributed by atoms with Gasteiger partial charge in [0.25, 0.3) is 0 Å². The van der Waals surface area contributed by atoms with E-state index in [9.17, 15) is 0 Å². The van der Waals surface area contributed by atoms with Gasteiger partial charge in [0.05, 0.1) is 4.47 Å². The summed E-state index contributed by atoms with van der Waals surface area (Å²) < 4.78 is 8.77. The summed E-state index contributed by atoms with van der Waals surface area (Å²) >= 11 is 3.49. The molecule has 4 nitrogen and oxygen atoms in total. The number of aryl methyl sites for hydroxylation is 2. The Bertz CT molecular complexity index is 551. The van der Waals surface area contributed by atoms with Gasteiger partial charge < -0.3 is 9.30 Å². The lowest BCUT2D eigenvalue weighted by atomic mass is 10.2. The number of nitrogens with zero attached hydrogens (tertiary/aromatic N) is 3. The zero-order valence-electron chi connectivity index (χ0n) is 10.8. The largest absolute Gasteiger partial charge is 0.484 e. The molecule has 5 heteroatoms. The summed E-state index contributed by atoms with van der Waals surface area (Å²) in [6, 6.07) is 6.01. The molecule has 1 aromatic heterocycles. The first-order valence-electron chi connectivity index (χ1n) is 5.89. The van der Waals surface area contributed by atoms with Gasteiger partial charge >= 0.3 is 0 Å². The van der Waals surface area contributed by atoms with Crippen LogP contribution in [0.4, 0.5) is 0 Å². The minimum atomic E-state index is 0.427. The van der Waals surface area contributed by atoms with Gasteiger partial charge in [0.2, 0.25) is 0 Å². The van der Waals surface area contributed by atoms with E-state index in [0.29, 0.717) is 6.61 Å². The van der Waals surface area contributed by atoms with Crippen LogP contribution in [0.2, 0.25) is 0 Å². The molecule has 0 aliphatic heterocycles. The molecule has 0 aliphatic carbocycles. The number of rotatable bonds is 4. The van der Waals surface area contributed by atoms with Crippen molar-refractivity contribution in [1.29, 1.82) is 0 Å². The molecule has 0 spiro atoms. The Morgan fingerprint density at radius 3 is 2.72 bits per heavy atom. The second-order valence-corrected chi connectivity index (χ2v) is 4.98. The van der Waals surface area contributed by atoms with Crippen molar-refractivity contribution in [2.45, 2.75) is 33.9 Å². The second-order valence-electron chi connectivity index (χ2n) is 4.13. The maximum atomic E-state index is 5.76. The van der Waals surface area contributed by atoms with Crippen molar-refractivity contribution in [3.05, 3.63) is 39.9 Å². The molecule has 0 N–H and O–H groups in total. The van der Waals surface area contributed by atoms with E-state index in [1.807, 2.05) is 36.6 Å². The predicted octanol–water partition coefficient (Wildman–Crippen LogP) is 3.26. The lowest BCUT2D eigenvalue weighted by molar-refractivity contribution is 0.287. The van der Waals surface area contributed by atoms with Crippen LogP contribution < -0.4 is 4.74 Å². The van der Waals surface area contributed by atoms with E-state index >= 15 is 0 Å². The van der Waals surface area contributed by atoms with Gasteiger partial charge in [-0.1, -0.05) is 6.07 Å². The van der Waals surface area contributed by atoms with Crippen LogP contribution in [0.15, 0.2) is 22.7 Å². The van der Waals surface area contributed by atoms with Gasteiger partial charge in [-0.05, 0) is 54.4 Å². The van der Waals surface area contributed by atoms with Gasteiger partial charge in [0.15, 0.2) is 5.82 Å². The van der Waals surface area contributed by atoms with Gasteiger partial charge in [0, 0.05) is 6.54 Å². The molecule has 0 atom stereocenters. The summed E-state index contributed by atoms with van der Waals surface area (Å²) in [5.41, 5.74) is 1.20. The third-order valence-electron chi connectivity index (χ3n) is 2.77. The van der Waals surface area contributed by atoms with Crippen molar-refractivity contribution in [3.8, 4) is 5.75 Å². The molecule has 0 saturated carbocycles. The first-order chi connectivity index (χ1) is 8.61. The second kappa shape index (κ2) is 5.52. The lowest BCUT2D eigenvalue weighted by Gasteiger charge is -2.09. The Balaban J connectivity index is 2.11. The van der Waals surface area contributed by atoms with E-state index in [1.165, 1.54) is 5.56 Å². The third kappa shape index (κ3) is 2.72. The molecule has 0 saturated heterocycles. The summed E-state index contributed by atoms with van der Waals surface area (Å²) in [5, 5.41) is 8.18. The van der Waals surface area contributed by atoms with Crippen molar-refractivity contribution in [3.63, 3.8) is 0 Å². The number of aromatic nitrogens is 3. The van der Waals surface area contributed by atoms with Crippen LogP contribution in [-0.2, 0) is 13.2 Å². The summed E-state index contributed by atoms with van der Waals surface area (Å²) in [5.74, 6) is 2.59. The fourth-order valence-electron chi connectivity index (χ4n) is 1.81. The van der Waals surface area contributed by atoms with Crippen molar-refractivity contribution in [1.82, 2.24) is 14.8 Å². The SMILES string of the molecule is CCn1c(C)nnc1COc1ccc(C)cc1Br. The van der Waals surface area contributed by atoms with Gasteiger partial charge in [-0.15, -0.1) is 10.2 Å². The Labute approximate surface area is 115 Å². The Hall–Kier alpha value is -1.36. The van der Waals surface area contributed by atoms with Crippen LogP contribution in [0.5, 0.6) is 5.75 Å². The number of hydrogen-bond donors (Lipinski definition) is 0. The number of halogens is 1. The molecule has 2 rings (SSSR count). The number of ether oxygens (including phenoxy) is 1. The maximum absolute atomic E-state index is 5.76. The van der Waals surface area contributed by atoms with Gasteiger partial charge in [-0.25, -0.2) is 0 Å². The van der Waals surface area contributed by atoms with Crippen LogP contribution in [0, 0.1) is 13.8 Å². The average molecular weight is 310 g/mol. The van der Waals surface area contributed by atoms with Crippen molar-refractivity contribution in [2.75, 3.05) is 0 Å². The monoisotopic (exact) mass is 309 g/mol. The van der Waals surface area contributed by atoms with Crippen molar-refractivity contribution >= 4 is 15.9 Å². The van der Waals surface area contributed by atoms with Gasteiger partial charge in [-0.2, -0.15) is 0 Å². The summed E-state index contributed by atoms with van der Waals surface area (Å²) in [4.78, 5) is 0. The van der Waals surface area contributed by atoms with E-state index in [0.717, 1.165) is 28.4 Å². The minimum Gasteiger partial charge on any atom is -0.484 e. The Morgan fingerprint density at radius 2 is 2.06 bits per heavy atom. The minimum absolute atomic E-state index is 0.427. The molecule has 96 valence electrons. The maximum Gasteiger partial charge on any atom is 0.171 e. The molecular formula is C13H16BrN3O. The molecule has 0 bridgehead atoms. The average Bonchev–Trinajstić information content (AvgIpc) is 2.69. The fourth-order valence-corrected chi connectivity index (χ4v) is 2.42. The highest BCUT2D eigenvalue weighted by atomic mass is 79.9. The Kier molecular flexibility index (Phi) is 4.01. The summed E-state index contributed by atoms with van der Waals surface area (Å²) in [6.45, 7) is 7.35. The highest BCUT2D eigenvalue weighted by Gasteiger charge is 2.08. The zero-order chi connectivity index (χ0) is 13.1. The molecule has 1 heterocycles. The molecule has 2 aromatic rings. The molecule has 1 aromatic carbocycles. The molecule has 0 radical (unpaired) electrons. The predicted molar refractivity (Wildman–Crippen MR) is 73.6 cm³/mol. The lowest BCUT2D eigenvalue weighted by Crippen LogP contribution is -2.07. The molecule has 0 amide bonds. The number of hydrogen-bond acceptors (Lipinski definition) is 3. The zero-order valence-corrected chi connectivity index (χ0v) is 12.4. The van der Waals surface area contributed by atoms with E-state index in [4.69, 9.17) is 4.74 Å². The summed E-state index contributed by atoms with van der Waals surface area (Å²) in [6.07, 6.45) is 0. The molecule has 0 fully saturated rings. The Morgan fingerprint density at radius 1 is 1.28 bits per heavy atom. The van der Waals surface area contributed by atoms with Crippen LogP contribution in [0.1, 0.15) is 24.1 Å². The quantitative estimate of drug-likeness (QED) is 0.870. The molecule has 0 unspecified atom stereocenters. The summed E-state index contributed by atoms with van der Waals surface area (Å²) in [7, 11) is 0. The van der Waals surface area contributed by atoms with E-state index < -0.39 is 0 Å². The third-order valence-corrected chi connectivity index (χ3v) is 3.39. The van der Waals surface area contributed by atoms with E-state index in [1.54, 1.807) is 0 Å². The normalized spacial score (nSPS) is 10.7. The van der Waals surface area contributed by atoms with Gasteiger partial charge in [-0.3, -0.25) is 0 Å². The van der Waals surface area contributed by atoms with E-state index in [-0.39, 0.29) is 0 Å². The first-order valence-corrected chi connectivity index (χ1v) is 6.68. The van der Waals surface area contributed by atoms with Crippen molar-refractivity contribution < 1.29 is 4.74 Å². The van der Waals surface area contributed by atoms with Crippen LogP contribution in [0.3, 0.4) is 0 Å². The highest BCUT2D eigenvalue weighted by Crippen LogP contribution is 2.26. The van der Waals surface area contributed by atoms with Crippen LogP contribution in [-0.4, -0.2) is 14.8 Å². The standard InChI is InChI=1S/C13H16BrN3O/c1-4-17-10(3)15-16-13(17)8-18-12-6-5-9(2)7-11(12)14/h5-7H,4,8H2,1-3H3. The molecule has 0 aliphatic rings. The van der Waals surface area contributed by atoms with Crippen LogP contribution in [0.25, 0.3) is 0 Å². The smallest absolute Gasteiger partial charge is 0.171 e. The first kappa shape index (κ1) is 13.1. The van der Waals surface area contributed by atoms with Gasteiger partial charge in [0.1, 0.15) is 18.2 Å². The number of benzene rings is 1. The fraction of sp³-hybridized carbons (Fsp3) is 0.385. The molecular weight excluding hydrogens is 294 g/mol. The highest BCUT2D eigenvalue weighted by molar-refractivity contribution is 9.10. The topological polar surface area (TPSA) is 39.9 Å².